The van der Waals surface area contributed by atoms with E-state index in [-0.39, 0.29) is 38.4 Å². The molecule has 2 amide bonds. The molecule has 0 radical (unpaired) electrons. The first-order valence-corrected chi connectivity index (χ1v) is 26.8. The molecule has 19 heteroatoms. The van der Waals surface area contributed by atoms with Crippen molar-refractivity contribution in [1.29, 1.82) is 0 Å². The SMILES string of the molecule is CCOC(=O)[C@H](CCCCNC(=O)O[C@@H]1C(O)[C@@H](OC)OC(CO[C@@H]2OC(COC)[C@@H](O)[C@H](O)C2O)[C@H]1O)NC(=O)COc1c(C)c(C)c2c(c1C)CC[C@](C)(CCC[C@@H](C)CCC[C@@H](C)CCCC(C)C)O2. The van der Waals surface area contributed by atoms with Crippen LogP contribution in [0, 0.1) is 38.5 Å². The number of nitrogens with one attached hydrogen (secondary N) is 2. The summed E-state index contributed by atoms with van der Waals surface area (Å²) in [6.07, 6.45) is -1.74. The van der Waals surface area contributed by atoms with Gasteiger partial charge in [-0.05, 0) is 114 Å². The Morgan fingerprint density at radius 2 is 1.38 bits per heavy atom. The topological polar surface area (TPSA) is 259 Å². The fourth-order valence-electron chi connectivity index (χ4n) is 10.1. The van der Waals surface area contributed by atoms with Crippen molar-refractivity contribution >= 4 is 18.0 Å². The number of aliphatic hydroxyl groups excluding tert-OH is 5. The van der Waals surface area contributed by atoms with Crippen LogP contribution in [0.5, 0.6) is 11.5 Å². The number of esters is 1. The smallest absolute Gasteiger partial charge is 0.407 e. The second-order valence-corrected chi connectivity index (χ2v) is 21.4. The highest BCUT2D eigenvalue weighted by Crippen LogP contribution is 2.45. The van der Waals surface area contributed by atoms with Crippen LogP contribution in [-0.2, 0) is 49.2 Å². The number of benzene rings is 1. The maximum absolute atomic E-state index is 13.3. The zero-order chi connectivity index (χ0) is 54.0. The van der Waals surface area contributed by atoms with E-state index in [9.17, 15) is 39.9 Å². The molecule has 3 aliphatic heterocycles. The van der Waals surface area contributed by atoms with Crippen LogP contribution in [0.15, 0.2) is 0 Å². The Morgan fingerprint density at radius 3 is 2.03 bits per heavy atom. The standard InChI is InChI=1S/C54H92N2O17/c1-12-67-50(63)38(23-13-14-27-55-53(64)72-49-43(59)40(70-51(66-11)46(49)62)29-69-52-45(61)44(60)42(58)39(71-52)28-65-10)56-41(57)30-68-47-34(6)35(7)48-37(36(47)8)24-26-54(9,73-48)25-17-22-33(5)21-16-20-32(4)19-15-18-31(2)3/h31-33,38-40,42-46,49,51-52,58-62H,12-30H2,1-11H3,(H,55,64)(H,56,57)/t32-,33-,38-,39?,40?,42+,43+,44-,45?,46?,49-,51-,52+,54-/m0/s1. The lowest BCUT2D eigenvalue weighted by Crippen LogP contribution is -2.62. The first kappa shape index (κ1) is 62.2. The lowest BCUT2D eigenvalue weighted by Gasteiger charge is -2.43. The van der Waals surface area contributed by atoms with Crippen molar-refractivity contribution in [3.05, 3.63) is 22.3 Å². The maximum Gasteiger partial charge on any atom is 0.407 e. The fraction of sp³-hybridized carbons (Fsp3) is 0.833. The highest BCUT2D eigenvalue weighted by molar-refractivity contribution is 5.85. The number of ether oxygens (including phenoxy) is 9. The molecule has 0 aromatic heterocycles. The van der Waals surface area contributed by atoms with Crippen molar-refractivity contribution in [3.8, 4) is 11.5 Å². The summed E-state index contributed by atoms with van der Waals surface area (Å²) in [6, 6.07) is -0.977. The van der Waals surface area contributed by atoms with Crippen LogP contribution in [0.4, 0.5) is 4.79 Å². The minimum atomic E-state index is -1.66. The molecule has 1 aromatic carbocycles. The highest BCUT2D eigenvalue weighted by Gasteiger charge is 2.49. The molecule has 7 N–H and O–H groups in total. The predicted molar refractivity (Wildman–Crippen MR) is 271 cm³/mol. The average molecular weight is 1040 g/mol. The Hall–Kier alpha value is -3.37. The highest BCUT2D eigenvalue weighted by atomic mass is 16.7. The lowest BCUT2D eigenvalue weighted by molar-refractivity contribution is -0.328. The summed E-state index contributed by atoms with van der Waals surface area (Å²) in [5.74, 6) is 2.72. The number of aliphatic hydroxyl groups is 5. The molecule has 0 aliphatic carbocycles. The molecule has 19 nitrogen and oxygen atoms in total. The van der Waals surface area contributed by atoms with Crippen molar-refractivity contribution in [2.45, 2.75) is 225 Å². The van der Waals surface area contributed by atoms with Gasteiger partial charge in [0.2, 0.25) is 0 Å². The zero-order valence-corrected chi connectivity index (χ0v) is 45.7. The average Bonchev–Trinajstić information content (AvgIpc) is 3.34. The van der Waals surface area contributed by atoms with E-state index >= 15 is 0 Å². The van der Waals surface area contributed by atoms with E-state index in [4.69, 9.17) is 42.6 Å². The van der Waals surface area contributed by atoms with E-state index in [0.29, 0.717) is 24.5 Å². The van der Waals surface area contributed by atoms with E-state index in [1.54, 1.807) is 6.92 Å². The van der Waals surface area contributed by atoms with Crippen LogP contribution in [0.2, 0.25) is 0 Å². The molecule has 14 atom stereocenters. The summed E-state index contributed by atoms with van der Waals surface area (Å²) in [7, 11) is 2.60. The van der Waals surface area contributed by atoms with Crippen LogP contribution in [-0.4, -0.2) is 164 Å². The first-order valence-electron chi connectivity index (χ1n) is 26.8. The van der Waals surface area contributed by atoms with Crippen molar-refractivity contribution in [2.24, 2.45) is 17.8 Å². The Balaban J connectivity index is 1.22. The van der Waals surface area contributed by atoms with Crippen molar-refractivity contribution in [1.82, 2.24) is 10.6 Å². The summed E-state index contributed by atoms with van der Waals surface area (Å²) >= 11 is 0. The van der Waals surface area contributed by atoms with E-state index in [0.717, 1.165) is 65.5 Å². The van der Waals surface area contributed by atoms with Crippen LogP contribution in [0.1, 0.15) is 147 Å². The van der Waals surface area contributed by atoms with Gasteiger partial charge in [-0.3, -0.25) is 4.79 Å². The first-order chi connectivity index (χ1) is 34.6. The summed E-state index contributed by atoms with van der Waals surface area (Å²) in [5.41, 5.74) is 3.66. The monoisotopic (exact) mass is 1040 g/mol. The molecule has 4 unspecified atom stereocenters. The Labute approximate surface area is 434 Å². The number of alkyl carbamates (subject to hydrolysis) is 1. The quantitative estimate of drug-likeness (QED) is 0.0376. The molecule has 0 spiro atoms. The molecule has 0 bridgehead atoms. The number of fused-ring (bicyclic) bond motifs is 1. The number of unbranched alkanes of at least 4 members (excludes halogenated alkanes) is 1. The summed E-state index contributed by atoms with van der Waals surface area (Å²) in [4.78, 5) is 39.2. The second-order valence-electron chi connectivity index (χ2n) is 21.4. The number of amides is 2. The van der Waals surface area contributed by atoms with Gasteiger partial charge < -0.3 is 78.8 Å². The maximum atomic E-state index is 13.3. The molecular weight excluding hydrogens is 949 g/mol. The molecule has 3 aliphatic rings. The van der Waals surface area contributed by atoms with Crippen molar-refractivity contribution in [3.63, 3.8) is 0 Å². The number of carbonyl (C=O) groups is 3. The molecule has 3 heterocycles. The van der Waals surface area contributed by atoms with Crippen LogP contribution in [0.25, 0.3) is 0 Å². The van der Waals surface area contributed by atoms with Crippen LogP contribution >= 0.6 is 0 Å². The molecule has 0 saturated carbocycles. The second kappa shape index (κ2) is 30.4. The van der Waals surface area contributed by atoms with Gasteiger partial charge in [0.15, 0.2) is 25.3 Å². The minimum absolute atomic E-state index is 0.0749. The molecule has 2 fully saturated rings. The van der Waals surface area contributed by atoms with E-state index in [2.05, 4.69) is 45.3 Å². The largest absolute Gasteiger partial charge is 0.487 e. The van der Waals surface area contributed by atoms with Gasteiger partial charge in [0.1, 0.15) is 65.9 Å². The molecule has 2 saturated heterocycles. The van der Waals surface area contributed by atoms with Gasteiger partial charge in [-0.25, -0.2) is 9.59 Å². The van der Waals surface area contributed by atoms with Crippen molar-refractivity contribution < 1.29 is 82.5 Å². The van der Waals surface area contributed by atoms with Crippen LogP contribution < -0.4 is 20.1 Å². The van der Waals surface area contributed by atoms with Gasteiger partial charge in [0.25, 0.3) is 5.91 Å². The normalized spacial score (nSPS) is 28.3. The van der Waals surface area contributed by atoms with Gasteiger partial charge >= 0.3 is 12.1 Å². The molecule has 420 valence electrons. The van der Waals surface area contributed by atoms with Crippen LogP contribution in [0.3, 0.4) is 0 Å². The summed E-state index contributed by atoms with van der Waals surface area (Å²) in [5, 5.41) is 58.2. The molecule has 1 aromatic rings. The predicted octanol–water partition coefficient (Wildman–Crippen LogP) is 5.39. The minimum Gasteiger partial charge on any atom is -0.487 e. The van der Waals surface area contributed by atoms with Gasteiger partial charge in [-0.1, -0.05) is 72.6 Å². The Bertz CT molecular complexity index is 1850. The van der Waals surface area contributed by atoms with Gasteiger partial charge in [-0.2, -0.15) is 0 Å². The third kappa shape index (κ3) is 18.4. The fourth-order valence-corrected chi connectivity index (χ4v) is 10.1. The van der Waals surface area contributed by atoms with E-state index in [1.165, 1.54) is 59.2 Å². The molecule has 4 rings (SSSR count). The number of hydrogen-bond donors (Lipinski definition) is 7. The third-order valence-corrected chi connectivity index (χ3v) is 14.8. The molecule has 73 heavy (non-hydrogen) atoms. The van der Waals surface area contributed by atoms with Crippen molar-refractivity contribution in [2.75, 3.05) is 47.2 Å². The molecular formula is C54H92N2O17. The number of carbonyl (C=O) groups excluding carboxylic acids is 3. The number of rotatable bonds is 30. The lowest BCUT2D eigenvalue weighted by atomic mass is 9.83. The Morgan fingerprint density at radius 1 is 0.740 bits per heavy atom. The van der Waals surface area contributed by atoms with E-state index in [1.807, 2.05) is 20.8 Å². The Kier molecular flexibility index (Phi) is 25.9. The van der Waals surface area contributed by atoms with Gasteiger partial charge in [0, 0.05) is 26.3 Å². The third-order valence-electron chi connectivity index (χ3n) is 14.8. The number of methoxy groups -OCH3 is 2. The van der Waals surface area contributed by atoms with Gasteiger partial charge in [0.05, 0.1) is 19.8 Å². The summed E-state index contributed by atoms with van der Waals surface area (Å²) < 4.78 is 50.7. The number of hydrogen-bond acceptors (Lipinski definition) is 17. The van der Waals surface area contributed by atoms with Gasteiger partial charge in [-0.15, -0.1) is 0 Å². The summed E-state index contributed by atoms with van der Waals surface area (Å²) in [6.45, 7) is 18.6. The zero-order valence-electron chi connectivity index (χ0n) is 45.7. The van der Waals surface area contributed by atoms with E-state index < -0.39 is 92.0 Å².